The van der Waals surface area contributed by atoms with Crippen molar-refractivity contribution in [3.05, 3.63) is 42.2 Å². The first-order chi connectivity index (χ1) is 21.5. The number of ether oxygens (including phenoxy) is 2. The molecule has 45 heavy (non-hydrogen) atoms. The standard InChI is InChI=1S/C31H41FN8O5/c1-31(2,3)45-17-24(30(43)44-4)37-27(41)13-18-5-7-20(8-6-18)36-26-14-23(35-19-9-10-19)28-34-16-25(40(28)39-26)29(42)38-22-11-12-33-15-21(22)32/h11-12,14-16,18-20,24,35H,5-10,13,17H2,1-4H3,(H,36,39)(H,37,41)(H,33,38,42)/t18?,20?,24-/m0/s1. The highest BCUT2D eigenvalue weighted by Crippen LogP contribution is 2.31. The van der Waals surface area contributed by atoms with Crippen LogP contribution in [0.5, 0.6) is 0 Å². The summed E-state index contributed by atoms with van der Waals surface area (Å²) in [5.41, 5.74) is 0.976. The van der Waals surface area contributed by atoms with Crippen LogP contribution in [0.1, 0.15) is 76.2 Å². The Balaban J connectivity index is 1.21. The summed E-state index contributed by atoms with van der Waals surface area (Å²) in [7, 11) is 1.29. The van der Waals surface area contributed by atoms with E-state index < -0.39 is 29.3 Å². The molecule has 2 amide bonds. The molecule has 0 aliphatic heterocycles. The maximum Gasteiger partial charge on any atom is 0.330 e. The van der Waals surface area contributed by atoms with Gasteiger partial charge in [0.15, 0.2) is 23.2 Å². The number of carbonyl (C=O) groups is 3. The van der Waals surface area contributed by atoms with Gasteiger partial charge in [-0.05, 0) is 71.3 Å². The summed E-state index contributed by atoms with van der Waals surface area (Å²) in [4.78, 5) is 46.3. The molecular formula is C31H41FN8O5. The summed E-state index contributed by atoms with van der Waals surface area (Å²) in [6.45, 7) is 5.68. The van der Waals surface area contributed by atoms with Crippen LogP contribution in [0.25, 0.3) is 5.65 Å². The lowest BCUT2D eigenvalue weighted by molar-refractivity contribution is -0.148. The molecule has 0 aromatic carbocycles. The van der Waals surface area contributed by atoms with Crippen molar-refractivity contribution in [2.24, 2.45) is 5.92 Å². The molecule has 14 heteroatoms. The maximum atomic E-state index is 14.1. The molecule has 1 atom stereocenters. The Labute approximate surface area is 261 Å². The van der Waals surface area contributed by atoms with Gasteiger partial charge in [-0.15, -0.1) is 5.10 Å². The second kappa shape index (κ2) is 13.8. The molecule has 2 aliphatic rings. The molecule has 5 rings (SSSR count). The average molecular weight is 625 g/mol. The number of carbonyl (C=O) groups excluding carboxylic acids is 3. The number of methoxy groups -OCH3 is 1. The van der Waals surface area contributed by atoms with Crippen LogP contribution in [0, 0.1) is 11.7 Å². The van der Waals surface area contributed by atoms with E-state index in [2.05, 4.69) is 36.3 Å². The van der Waals surface area contributed by atoms with Crippen molar-refractivity contribution in [2.75, 3.05) is 29.7 Å². The fourth-order valence-electron chi connectivity index (χ4n) is 5.29. The molecule has 0 unspecified atom stereocenters. The maximum absolute atomic E-state index is 14.1. The fraction of sp³-hybridized carbons (Fsp3) is 0.548. The van der Waals surface area contributed by atoms with E-state index in [1.807, 2.05) is 26.8 Å². The predicted octanol–water partition coefficient (Wildman–Crippen LogP) is 3.92. The van der Waals surface area contributed by atoms with Crippen LogP contribution < -0.4 is 21.3 Å². The summed E-state index contributed by atoms with van der Waals surface area (Å²) >= 11 is 0. The number of amides is 2. The van der Waals surface area contributed by atoms with Crippen molar-refractivity contribution in [2.45, 2.75) is 89.4 Å². The van der Waals surface area contributed by atoms with Crippen LogP contribution in [-0.2, 0) is 19.1 Å². The number of esters is 1. The molecule has 0 saturated heterocycles. The predicted molar refractivity (Wildman–Crippen MR) is 165 cm³/mol. The molecule has 0 radical (unpaired) electrons. The zero-order chi connectivity index (χ0) is 32.1. The van der Waals surface area contributed by atoms with Gasteiger partial charge in [0.2, 0.25) is 5.91 Å². The van der Waals surface area contributed by atoms with Crippen molar-refractivity contribution < 1.29 is 28.2 Å². The minimum absolute atomic E-state index is 0.0139. The number of halogens is 1. The number of imidazole rings is 1. The highest BCUT2D eigenvalue weighted by molar-refractivity contribution is 6.03. The number of rotatable bonds is 12. The van der Waals surface area contributed by atoms with Gasteiger partial charge in [-0.3, -0.25) is 14.6 Å². The average Bonchev–Trinajstić information content (AvgIpc) is 3.71. The van der Waals surface area contributed by atoms with Crippen molar-refractivity contribution in [3.8, 4) is 0 Å². The van der Waals surface area contributed by atoms with Crippen molar-refractivity contribution in [1.82, 2.24) is 24.9 Å². The number of aromatic nitrogens is 4. The van der Waals surface area contributed by atoms with Crippen molar-refractivity contribution >= 4 is 40.6 Å². The van der Waals surface area contributed by atoms with E-state index >= 15 is 0 Å². The first kappa shape index (κ1) is 32.1. The summed E-state index contributed by atoms with van der Waals surface area (Å²) in [5.74, 6) is -1.19. The smallest absolute Gasteiger partial charge is 0.330 e. The van der Waals surface area contributed by atoms with E-state index in [0.29, 0.717) is 23.9 Å². The van der Waals surface area contributed by atoms with Crippen LogP contribution in [-0.4, -0.2) is 74.8 Å². The Hall–Kier alpha value is -4.33. The molecule has 13 nitrogen and oxygen atoms in total. The number of pyridine rings is 1. The van der Waals surface area contributed by atoms with Gasteiger partial charge in [0.25, 0.3) is 5.91 Å². The van der Waals surface area contributed by atoms with Crippen LogP contribution in [0.2, 0.25) is 0 Å². The quantitative estimate of drug-likeness (QED) is 0.217. The lowest BCUT2D eigenvalue weighted by Gasteiger charge is -2.30. The third-order valence-corrected chi connectivity index (χ3v) is 7.83. The van der Waals surface area contributed by atoms with Gasteiger partial charge in [-0.2, -0.15) is 0 Å². The van der Waals surface area contributed by atoms with Crippen LogP contribution in [0.3, 0.4) is 0 Å². The zero-order valence-corrected chi connectivity index (χ0v) is 26.1. The summed E-state index contributed by atoms with van der Waals surface area (Å²) in [5, 5.41) is 17.0. The minimum atomic E-state index is -0.863. The van der Waals surface area contributed by atoms with E-state index in [1.165, 1.54) is 30.1 Å². The van der Waals surface area contributed by atoms with Gasteiger partial charge in [0, 0.05) is 30.8 Å². The second-order valence-electron chi connectivity index (χ2n) is 12.7. The first-order valence-corrected chi connectivity index (χ1v) is 15.3. The van der Waals surface area contributed by atoms with E-state index in [1.54, 1.807) is 0 Å². The summed E-state index contributed by atoms with van der Waals surface area (Å²) in [6, 6.07) is 2.87. The van der Waals surface area contributed by atoms with Gasteiger partial charge in [-0.25, -0.2) is 18.7 Å². The molecule has 3 heterocycles. The van der Waals surface area contributed by atoms with E-state index in [0.717, 1.165) is 50.4 Å². The Morgan fingerprint density at radius 3 is 2.42 bits per heavy atom. The minimum Gasteiger partial charge on any atom is -0.467 e. The summed E-state index contributed by atoms with van der Waals surface area (Å²) < 4.78 is 26.2. The van der Waals surface area contributed by atoms with Gasteiger partial charge in [0.1, 0.15) is 5.82 Å². The third kappa shape index (κ3) is 8.65. The summed E-state index contributed by atoms with van der Waals surface area (Å²) in [6.07, 6.45) is 9.53. The van der Waals surface area contributed by atoms with Crippen molar-refractivity contribution in [3.63, 3.8) is 0 Å². The van der Waals surface area contributed by atoms with Gasteiger partial charge >= 0.3 is 5.97 Å². The topological polar surface area (TPSA) is 161 Å². The highest BCUT2D eigenvalue weighted by Gasteiger charge is 2.29. The Morgan fingerprint density at radius 1 is 1.04 bits per heavy atom. The van der Waals surface area contributed by atoms with Crippen LogP contribution in [0.4, 0.5) is 21.6 Å². The zero-order valence-electron chi connectivity index (χ0n) is 26.1. The number of hydrogen-bond donors (Lipinski definition) is 4. The molecule has 2 fully saturated rings. The number of nitrogens with one attached hydrogen (secondary N) is 4. The molecule has 4 N–H and O–H groups in total. The molecular weight excluding hydrogens is 583 g/mol. The van der Waals surface area contributed by atoms with Crippen LogP contribution >= 0.6 is 0 Å². The second-order valence-corrected chi connectivity index (χ2v) is 12.7. The van der Waals surface area contributed by atoms with Crippen molar-refractivity contribution in [1.29, 1.82) is 0 Å². The molecule has 2 aliphatic carbocycles. The van der Waals surface area contributed by atoms with E-state index in [9.17, 15) is 18.8 Å². The largest absolute Gasteiger partial charge is 0.467 e. The Kier molecular flexibility index (Phi) is 9.80. The SMILES string of the molecule is COC(=O)[C@H](COC(C)(C)C)NC(=O)CC1CCC(Nc2cc(NC3CC3)c3ncc(C(=O)Nc4ccncc4F)n3n2)CC1. The van der Waals surface area contributed by atoms with Gasteiger partial charge < -0.3 is 30.7 Å². The first-order valence-electron chi connectivity index (χ1n) is 15.3. The molecule has 0 bridgehead atoms. The fourth-order valence-corrected chi connectivity index (χ4v) is 5.29. The lowest BCUT2D eigenvalue weighted by Crippen LogP contribution is -2.46. The number of anilines is 3. The molecule has 3 aromatic rings. The van der Waals surface area contributed by atoms with Crippen LogP contribution in [0.15, 0.2) is 30.7 Å². The highest BCUT2D eigenvalue weighted by atomic mass is 19.1. The Morgan fingerprint density at radius 2 is 1.76 bits per heavy atom. The molecule has 0 spiro atoms. The normalized spacial score (nSPS) is 19.0. The number of nitrogens with zero attached hydrogens (tertiary/aromatic N) is 4. The third-order valence-electron chi connectivity index (χ3n) is 7.83. The van der Waals surface area contributed by atoms with E-state index in [-0.39, 0.29) is 35.9 Å². The lowest BCUT2D eigenvalue weighted by atomic mass is 9.84. The Bertz CT molecular complexity index is 1530. The van der Waals surface area contributed by atoms with E-state index in [4.69, 9.17) is 9.47 Å². The van der Waals surface area contributed by atoms with Gasteiger partial charge in [0.05, 0.1) is 43.1 Å². The molecule has 3 aromatic heterocycles. The number of hydrogen-bond acceptors (Lipinski definition) is 10. The molecule has 242 valence electrons. The molecule has 2 saturated carbocycles. The monoisotopic (exact) mass is 624 g/mol. The number of fused-ring (bicyclic) bond motifs is 1. The van der Waals surface area contributed by atoms with Gasteiger partial charge in [-0.1, -0.05) is 0 Å².